The Morgan fingerprint density at radius 1 is 1.26 bits per heavy atom. The highest BCUT2D eigenvalue weighted by molar-refractivity contribution is 6.01. The van der Waals surface area contributed by atoms with E-state index in [0.29, 0.717) is 24.3 Å². The van der Waals surface area contributed by atoms with Crippen LogP contribution >= 0.6 is 0 Å². The van der Waals surface area contributed by atoms with Gasteiger partial charge in [0.25, 0.3) is 0 Å². The summed E-state index contributed by atoms with van der Waals surface area (Å²) in [5.74, 6) is 0.646. The normalized spacial score (nSPS) is 19.0. The average Bonchev–Trinajstić information content (AvgIpc) is 2.46. The van der Waals surface area contributed by atoms with Crippen LogP contribution in [0.4, 0.5) is 4.79 Å². The molecule has 102 valence electrons. The van der Waals surface area contributed by atoms with Crippen LogP contribution in [0.25, 0.3) is 0 Å². The molecule has 0 aromatic heterocycles. The van der Waals surface area contributed by atoms with E-state index in [9.17, 15) is 9.59 Å². The number of Topliss-reactive ketones (excluding diaryl/α,β-unsaturated/α-hetero) is 1. The van der Waals surface area contributed by atoms with Crippen LogP contribution in [0.1, 0.15) is 29.6 Å². The number of nitrogens with two attached hydrogens (primary N) is 1. The Bertz CT molecular complexity index is 470. The molecule has 0 bridgehead atoms. The van der Waals surface area contributed by atoms with E-state index in [1.54, 1.807) is 31.4 Å². The monoisotopic (exact) mass is 262 g/mol. The molecule has 0 spiro atoms. The third-order valence-corrected chi connectivity index (χ3v) is 3.46. The number of nitrogens with zero attached hydrogens (tertiary/aromatic N) is 1. The van der Waals surface area contributed by atoms with E-state index in [1.165, 1.54) is 4.90 Å². The van der Waals surface area contributed by atoms with Crippen molar-refractivity contribution in [2.75, 3.05) is 13.7 Å². The topological polar surface area (TPSA) is 72.6 Å². The molecule has 1 aromatic carbocycles. The zero-order chi connectivity index (χ0) is 13.8. The summed E-state index contributed by atoms with van der Waals surface area (Å²) in [6.07, 6.45) is 2.51. The summed E-state index contributed by atoms with van der Waals surface area (Å²) in [6.45, 7) is 0.557. The number of piperidine rings is 1. The molecular formula is C14H18N2O3. The maximum atomic E-state index is 12.4. The highest BCUT2D eigenvalue weighted by Gasteiger charge is 2.31. The average molecular weight is 262 g/mol. The van der Waals surface area contributed by atoms with E-state index < -0.39 is 12.1 Å². The standard InChI is InChI=1S/C14H18N2O3/c1-19-11-7-5-10(6-8-11)13(17)12-4-2-3-9-16(12)14(15)18/h5-8,12H,2-4,9H2,1H3,(H2,15,18). The summed E-state index contributed by atoms with van der Waals surface area (Å²) >= 11 is 0. The van der Waals surface area contributed by atoms with Crippen LogP contribution in [0.5, 0.6) is 5.75 Å². The third-order valence-electron chi connectivity index (χ3n) is 3.46. The first-order chi connectivity index (χ1) is 9.13. The molecule has 1 saturated heterocycles. The molecule has 19 heavy (non-hydrogen) atoms. The predicted molar refractivity (Wildman–Crippen MR) is 71.3 cm³/mol. The fraction of sp³-hybridized carbons (Fsp3) is 0.429. The quantitative estimate of drug-likeness (QED) is 0.844. The van der Waals surface area contributed by atoms with Crippen LogP contribution in [0.15, 0.2) is 24.3 Å². The molecule has 2 N–H and O–H groups in total. The molecule has 0 radical (unpaired) electrons. The van der Waals surface area contributed by atoms with Crippen molar-refractivity contribution in [3.8, 4) is 5.75 Å². The molecule has 0 saturated carbocycles. The van der Waals surface area contributed by atoms with Gasteiger partial charge in [-0.2, -0.15) is 0 Å². The van der Waals surface area contributed by atoms with Crippen molar-refractivity contribution in [3.05, 3.63) is 29.8 Å². The number of primary amides is 1. The number of carbonyl (C=O) groups excluding carboxylic acids is 2. The van der Waals surface area contributed by atoms with Gasteiger partial charge < -0.3 is 15.4 Å². The van der Waals surface area contributed by atoms with E-state index in [0.717, 1.165) is 12.8 Å². The van der Waals surface area contributed by atoms with Gasteiger partial charge in [-0.05, 0) is 43.5 Å². The van der Waals surface area contributed by atoms with Crippen molar-refractivity contribution < 1.29 is 14.3 Å². The van der Waals surface area contributed by atoms with Crippen LogP contribution in [0, 0.1) is 0 Å². The number of urea groups is 1. The zero-order valence-electron chi connectivity index (χ0n) is 11.0. The molecule has 2 rings (SSSR count). The van der Waals surface area contributed by atoms with Crippen molar-refractivity contribution in [1.82, 2.24) is 4.90 Å². The van der Waals surface area contributed by atoms with E-state index >= 15 is 0 Å². The maximum Gasteiger partial charge on any atom is 0.315 e. The number of likely N-dealkylation sites (tertiary alicyclic amines) is 1. The van der Waals surface area contributed by atoms with Crippen molar-refractivity contribution in [2.45, 2.75) is 25.3 Å². The number of methoxy groups -OCH3 is 1. The van der Waals surface area contributed by atoms with Crippen molar-refractivity contribution >= 4 is 11.8 Å². The number of rotatable bonds is 3. The first kappa shape index (κ1) is 13.4. The summed E-state index contributed by atoms with van der Waals surface area (Å²) in [6, 6.07) is 5.96. The van der Waals surface area contributed by atoms with Gasteiger partial charge in [-0.15, -0.1) is 0 Å². The SMILES string of the molecule is COc1ccc(C(=O)C2CCCCN2C(N)=O)cc1. The molecule has 1 aromatic rings. The van der Waals surface area contributed by atoms with Crippen molar-refractivity contribution in [3.63, 3.8) is 0 Å². The molecule has 1 unspecified atom stereocenters. The van der Waals surface area contributed by atoms with Crippen LogP contribution in [-0.2, 0) is 0 Å². The largest absolute Gasteiger partial charge is 0.497 e. The first-order valence-electron chi connectivity index (χ1n) is 6.38. The van der Waals surface area contributed by atoms with Gasteiger partial charge in [-0.25, -0.2) is 4.79 Å². The molecule has 1 aliphatic rings. The van der Waals surface area contributed by atoms with E-state index in [-0.39, 0.29) is 5.78 Å². The fourth-order valence-electron chi connectivity index (χ4n) is 2.42. The van der Waals surface area contributed by atoms with Crippen molar-refractivity contribution in [1.29, 1.82) is 0 Å². The first-order valence-corrected chi connectivity index (χ1v) is 6.38. The van der Waals surface area contributed by atoms with Gasteiger partial charge in [0.05, 0.1) is 13.2 Å². The van der Waals surface area contributed by atoms with E-state index in [1.807, 2.05) is 0 Å². The lowest BCUT2D eigenvalue weighted by Gasteiger charge is -2.33. The smallest absolute Gasteiger partial charge is 0.315 e. The van der Waals surface area contributed by atoms with E-state index in [2.05, 4.69) is 0 Å². The Labute approximate surface area is 112 Å². The number of amides is 2. The van der Waals surface area contributed by atoms with Crippen LogP contribution < -0.4 is 10.5 Å². The van der Waals surface area contributed by atoms with Crippen LogP contribution in [0.3, 0.4) is 0 Å². The number of hydrogen-bond acceptors (Lipinski definition) is 3. The van der Waals surface area contributed by atoms with Gasteiger partial charge in [0.15, 0.2) is 5.78 Å². The third kappa shape index (κ3) is 2.86. The molecule has 5 nitrogen and oxygen atoms in total. The lowest BCUT2D eigenvalue weighted by Crippen LogP contribution is -2.50. The molecule has 1 heterocycles. The minimum absolute atomic E-state index is 0.0545. The summed E-state index contributed by atoms with van der Waals surface area (Å²) in [7, 11) is 1.58. The van der Waals surface area contributed by atoms with Crippen LogP contribution in [0.2, 0.25) is 0 Å². The second-order valence-corrected chi connectivity index (χ2v) is 4.64. The minimum Gasteiger partial charge on any atom is -0.497 e. The van der Waals surface area contributed by atoms with Gasteiger partial charge in [0.1, 0.15) is 5.75 Å². The number of hydrogen-bond donors (Lipinski definition) is 1. The van der Waals surface area contributed by atoms with Gasteiger partial charge in [-0.1, -0.05) is 0 Å². The Hall–Kier alpha value is -2.04. The predicted octanol–water partition coefficient (Wildman–Crippen LogP) is 1.81. The molecule has 0 aliphatic carbocycles. The van der Waals surface area contributed by atoms with Gasteiger partial charge in [0, 0.05) is 12.1 Å². The Morgan fingerprint density at radius 3 is 2.53 bits per heavy atom. The Kier molecular flexibility index (Phi) is 4.04. The maximum absolute atomic E-state index is 12.4. The lowest BCUT2D eigenvalue weighted by atomic mass is 9.94. The highest BCUT2D eigenvalue weighted by atomic mass is 16.5. The van der Waals surface area contributed by atoms with E-state index in [4.69, 9.17) is 10.5 Å². The molecule has 1 fully saturated rings. The Balaban J connectivity index is 2.18. The zero-order valence-corrected chi connectivity index (χ0v) is 11.0. The molecular weight excluding hydrogens is 244 g/mol. The summed E-state index contributed by atoms with van der Waals surface area (Å²) in [4.78, 5) is 25.3. The number of benzene rings is 1. The van der Waals surface area contributed by atoms with Crippen molar-refractivity contribution in [2.24, 2.45) is 5.73 Å². The molecule has 1 atom stereocenters. The summed E-state index contributed by atoms with van der Waals surface area (Å²) in [5.41, 5.74) is 5.92. The Morgan fingerprint density at radius 2 is 1.95 bits per heavy atom. The number of ketones is 1. The second kappa shape index (κ2) is 5.73. The van der Waals surface area contributed by atoms with Gasteiger partial charge in [-0.3, -0.25) is 4.79 Å². The number of ether oxygens (including phenoxy) is 1. The molecule has 2 amide bonds. The second-order valence-electron chi connectivity index (χ2n) is 4.64. The van der Waals surface area contributed by atoms with Gasteiger partial charge >= 0.3 is 6.03 Å². The summed E-state index contributed by atoms with van der Waals surface area (Å²) < 4.78 is 5.06. The molecule has 5 heteroatoms. The number of carbonyl (C=O) groups is 2. The molecule has 1 aliphatic heterocycles. The highest BCUT2D eigenvalue weighted by Crippen LogP contribution is 2.21. The minimum atomic E-state index is -0.522. The fourth-order valence-corrected chi connectivity index (χ4v) is 2.42. The van der Waals surface area contributed by atoms with Gasteiger partial charge in [0.2, 0.25) is 0 Å². The lowest BCUT2D eigenvalue weighted by molar-refractivity contribution is 0.0806. The summed E-state index contributed by atoms with van der Waals surface area (Å²) in [5, 5.41) is 0. The van der Waals surface area contributed by atoms with Crippen LogP contribution in [-0.4, -0.2) is 36.4 Å².